The van der Waals surface area contributed by atoms with E-state index in [0.29, 0.717) is 0 Å². The van der Waals surface area contributed by atoms with Crippen molar-refractivity contribution < 1.29 is 4.74 Å². The lowest BCUT2D eigenvalue weighted by atomic mass is 9.34. The molecule has 3 aromatic heterocycles. The highest BCUT2D eigenvalue weighted by atomic mass is 32.1. The third-order valence-corrected chi connectivity index (χ3v) is 21.3. The zero-order valence-electron chi connectivity index (χ0n) is 56.5. The second-order valence-electron chi connectivity index (χ2n) is 31.5. The molecule has 0 aliphatic carbocycles. The Kier molecular flexibility index (Phi) is 13.0. The molecule has 0 fully saturated rings. The van der Waals surface area contributed by atoms with Crippen LogP contribution in [-0.4, -0.2) is 15.8 Å². The molecule has 0 saturated carbocycles. The monoisotopic (exact) mass is 1230 g/mol. The Morgan fingerprint density at radius 3 is 1.44 bits per heavy atom. The summed E-state index contributed by atoms with van der Waals surface area (Å²) in [6.45, 7) is 34.4. The van der Waals surface area contributed by atoms with Gasteiger partial charge in [-0.05, 0) is 187 Å². The van der Waals surface area contributed by atoms with Gasteiger partial charge < -0.3 is 23.7 Å². The number of ether oxygens (including phenoxy) is 1. The Labute approximate surface area is 552 Å². The third kappa shape index (κ3) is 9.38. The van der Waals surface area contributed by atoms with Gasteiger partial charge in [-0.2, -0.15) is 0 Å². The highest BCUT2D eigenvalue weighted by Crippen LogP contribution is 2.51. The Balaban J connectivity index is 1.04. The van der Waals surface area contributed by atoms with Gasteiger partial charge >= 0.3 is 0 Å². The van der Waals surface area contributed by atoms with Crippen molar-refractivity contribution in [3.8, 4) is 22.9 Å². The van der Waals surface area contributed by atoms with E-state index in [0.717, 1.165) is 84.3 Å². The van der Waals surface area contributed by atoms with Gasteiger partial charge in [-0.1, -0.05) is 207 Å². The lowest BCUT2D eigenvalue weighted by Crippen LogP contribution is -2.59. The third-order valence-electron chi connectivity index (χ3n) is 20.2. The first-order valence-electron chi connectivity index (χ1n) is 33.3. The first-order chi connectivity index (χ1) is 44.3. The predicted molar refractivity (Wildman–Crippen MR) is 402 cm³/mol. The first kappa shape index (κ1) is 58.8. The molecular weight excluding hydrogens is 1150 g/mol. The zero-order chi connectivity index (χ0) is 64.6. The summed E-state index contributed by atoms with van der Waals surface area (Å²) in [6, 6.07) is 83.8. The summed E-state index contributed by atoms with van der Waals surface area (Å²) in [5.41, 5.74) is 23.2. The predicted octanol–water partition coefficient (Wildman–Crippen LogP) is 22.6. The van der Waals surface area contributed by atoms with Crippen molar-refractivity contribution in [3.05, 3.63) is 246 Å². The first-order valence-corrected chi connectivity index (χ1v) is 34.1. The minimum absolute atomic E-state index is 0.00261. The molecule has 16 rings (SSSR count). The molecule has 14 aromatic rings. The van der Waals surface area contributed by atoms with Gasteiger partial charge in [0.25, 0.3) is 6.71 Å². The molecule has 7 heteroatoms. The summed E-state index contributed by atoms with van der Waals surface area (Å²) in [4.78, 5) is 4.97. The number of hydrogen-bond donors (Lipinski definition) is 0. The molecule has 5 nitrogen and oxygen atoms in total. The minimum Gasteiger partial charge on any atom is -0.456 e. The number of fused-ring (bicyclic) bond motifs is 14. The van der Waals surface area contributed by atoms with Gasteiger partial charge in [0, 0.05) is 75.8 Å². The van der Waals surface area contributed by atoms with Gasteiger partial charge in [0.15, 0.2) is 0 Å². The molecule has 11 aromatic carbocycles. The number of benzene rings is 11. The van der Waals surface area contributed by atoms with E-state index < -0.39 is 0 Å². The second-order valence-corrected chi connectivity index (χ2v) is 32.6. The molecule has 0 unspecified atom stereocenters. The van der Waals surface area contributed by atoms with Crippen molar-refractivity contribution >= 4 is 132 Å². The Morgan fingerprint density at radius 1 is 0.355 bits per heavy atom. The average Bonchev–Trinajstić information content (AvgIpc) is 1.65. The van der Waals surface area contributed by atoms with Crippen molar-refractivity contribution in [3.63, 3.8) is 0 Å². The smallest absolute Gasteiger partial charge is 0.256 e. The summed E-state index contributed by atoms with van der Waals surface area (Å²) >= 11 is 1.86. The van der Waals surface area contributed by atoms with Gasteiger partial charge in [0.1, 0.15) is 11.5 Å². The highest BCUT2D eigenvalue weighted by molar-refractivity contribution is 7.25. The maximum Gasteiger partial charge on any atom is 0.256 e. The van der Waals surface area contributed by atoms with Crippen LogP contribution in [0.2, 0.25) is 0 Å². The van der Waals surface area contributed by atoms with Crippen LogP contribution in [0.15, 0.2) is 218 Å². The van der Waals surface area contributed by atoms with E-state index in [1.807, 2.05) is 11.3 Å². The summed E-state index contributed by atoms with van der Waals surface area (Å²) in [6.07, 6.45) is 0. The van der Waals surface area contributed by atoms with Gasteiger partial charge in [-0.3, -0.25) is 0 Å². The molecular formula is C86H81BN4OS. The number of nitrogens with zero attached hydrogens (tertiary/aromatic N) is 4. The van der Waals surface area contributed by atoms with Crippen molar-refractivity contribution in [1.29, 1.82) is 0 Å². The van der Waals surface area contributed by atoms with Crippen molar-refractivity contribution in [2.24, 2.45) is 0 Å². The largest absolute Gasteiger partial charge is 0.456 e. The van der Waals surface area contributed by atoms with E-state index >= 15 is 0 Å². The van der Waals surface area contributed by atoms with E-state index in [1.54, 1.807) is 0 Å². The lowest BCUT2D eigenvalue weighted by molar-refractivity contribution is 0.491. The fourth-order valence-corrected chi connectivity index (χ4v) is 16.2. The zero-order valence-corrected chi connectivity index (χ0v) is 57.3. The van der Waals surface area contributed by atoms with Crippen molar-refractivity contribution in [1.82, 2.24) is 9.13 Å². The summed E-state index contributed by atoms with van der Waals surface area (Å²) in [7, 11) is 0. The molecule has 2 aliphatic heterocycles. The van der Waals surface area contributed by atoms with Gasteiger partial charge in [0.2, 0.25) is 0 Å². The Bertz CT molecular complexity index is 5250. The number of hydrogen-bond acceptors (Lipinski definition) is 4. The Hall–Kier alpha value is -9.30. The van der Waals surface area contributed by atoms with Crippen LogP contribution >= 0.6 is 11.3 Å². The van der Waals surface area contributed by atoms with Crippen LogP contribution in [0.3, 0.4) is 0 Å². The average molecular weight is 1230 g/mol. The van der Waals surface area contributed by atoms with Crippen molar-refractivity contribution in [2.45, 2.75) is 131 Å². The molecule has 0 atom stereocenters. The van der Waals surface area contributed by atoms with Crippen LogP contribution < -0.4 is 30.9 Å². The molecule has 93 heavy (non-hydrogen) atoms. The topological polar surface area (TPSA) is 25.6 Å². The standard InChI is InChI=1S/C86H81BN4OS/c1-82(2,3)52-30-38-57(39-31-52)88(58-40-32-53(33-41-58)83(4,5)6)60-44-45-65-72(50-60)89(59-42-34-54(35-43-59)84(7,8)9)71-26-20-27-74-79(71)87(65)66-51-73(90-68-46-36-55(85(10,11)12)48-63(68)64-49-56(86(13,14)15)37-47-69(64)90)78-61-22-16-18-24-67(61)91(80(78)81(66)92-74)70-25-21-29-76-77(70)62-23-17-19-28-75(62)93-76/h16-51H,1-15H3. The van der Waals surface area contributed by atoms with Gasteiger partial charge in [-0.25, -0.2) is 0 Å². The lowest BCUT2D eigenvalue weighted by Gasteiger charge is -2.41. The van der Waals surface area contributed by atoms with Gasteiger partial charge in [-0.15, -0.1) is 11.3 Å². The minimum atomic E-state index is -0.250. The fourth-order valence-electron chi connectivity index (χ4n) is 15.0. The maximum absolute atomic E-state index is 7.91. The normalized spacial score (nSPS) is 13.6. The molecule has 0 N–H and O–H groups in total. The summed E-state index contributed by atoms with van der Waals surface area (Å²) in [5.74, 6) is 1.74. The molecule has 0 amide bonds. The SMILES string of the molecule is CC(C)(C)c1ccc(N(c2ccc(C(C)(C)C)cc2)c2ccc3c(c2)N(c2ccc(C(C)(C)C)cc2)c2cccc4c2B3c2cc(-n3c5ccc(C(C)(C)C)cc5c5cc(C(C)(C)C)ccc53)c3c5ccccc5n(-c5cccc6sc7ccccc7c56)c3c2O4)cc1. The van der Waals surface area contributed by atoms with Crippen LogP contribution in [0.4, 0.5) is 34.1 Å². The van der Waals surface area contributed by atoms with Crippen LogP contribution in [-0.2, 0) is 27.1 Å². The van der Waals surface area contributed by atoms with E-state index in [2.05, 4.69) is 341 Å². The number of para-hydroxylation sites is 1. The molecule has 5 heterocycles. The molecule has 0 spiro atoms. The van der Waals surface area contributed by atoms with Crippen LogP contribution in [0.1, 0.15) is 132 Å². The highest BCUT2D eigenvalue weighted by Gasteiger charge is 2.44. The van der Waals surface area contributed by atoms with E-state index in [1.165, 1.54) is 80.6 Å². The molecule has 460 valence electrons. The van der Waals surface area contributed by atoms with E-state index in [9.17, 15) is 0 Å². The molecule has 2 aliphatic rings. The van der Waals surface area contributed by atoms with Crippen LogP contribution in [0.5, 0.6) is 11.5 Å². The van der Waals surface area contributed by atoms with Gasteiger partial charge in [0.05, 0.1) is 33.4 Å². The number of thiophene rings is 1. The summed E-state index contributed by atoms with van der Waals surface area (Å²) < 4.78 is 15.6. The Morgan fingerprint density at radius 2 is 0.849 bits per heavy atom. The number of rotatable bonds is 6. The number of anilines is 6. The van der Waals surface area contributed by atoms with Crippen molar-refractivity contribution in [2.75, 3.05) is 9.80 Å². The molecule has 0 bridgehead atoms. The molecule has 0 radical (unpaired) electrons. The quantitative estimate of drug-likeness (QED) is 0.155. The fraction of sp³-hybridized carbons (Fsp3) is 0.233. The molecule has 0 saturated heterocycles. The maximum atomic E-state index is 7.91. The van der Waals surface area contributed by atoms with E-state index in [-0.39, 0.29) is 33.8 Å². The second kappa shape index (κ2) is 20.6. The summed E-state index contributed by atoms with van der Waals surface area (Å²) in [5, 5.41) is 7.33. The van der Waals surface area contributed by atoms with Crippen LogP contribution in [0.25, 0.3) is 75.2 Å². The van der Waals surface area contributed by atoms with Crippen LogP contribution in [0, 0.1) is 0 Å². The van der Waals surface area contributed by atoms with E-state index in [4.69, 9.17) is 4.74 Å². The number of aromatic nitrogens is 2.